The van der Waals surface area contributed by atoms with Crippen LogP contribution in [0, 0.1) is 20.0 Å². The van der Waals surface area contributed by atoms with Gasteiger partial charge in [-0.3, -0.25) is 9.14 Å². The second kappa shape index (κ2) is 7.31. The fourth-order valence-electron chi connectivity index (χ4n) is 4.10. The molecular weight excluding hydrogens is 364 g/mol. The Labute approximate surface area is 181 Å². The lowest BCUT2D eigenvalue weighted by Gasteiger charge is -2.14. The van der Waals surface area contributed by atoms with E-state index in [1.165, 1.54) is 0 Å². The smallest absolute Gasteiger partial charge is 0.223 e. The molecule has 30 heavy (non-hydrogen) atoms. The van der Waals surface area contributed by atoms with Crippen molar-refractivity contribution in [2.24, 2.45) is 7.05 Å². The molecule has 2 heterocycles. The first-order valence-electron chi connectivity index (χ1n) is 11.5. The molecule has 0 fully saturated rings. The monoisotopic (exact) mass is 391 g/mol. The van der Waals surface area contributed by atoms with E-state index < -0.39 is 6.85 Å². The summed E-state index contributed by atoms with van der Waals surface area (Å²) in [5, 5.41) is 0. The minimum Gasteiger partial charge on any atom is -0.298 e. The van der Waals surface area contributed by atoms with Gasteiger partial charge in [0, 0.05) is 15.9 Å². The lowest BCUT2D eigenvalue weighted by molar-refractivity contribution is 0.755. The molecule has 5 rings (SSSR count). The standard InChI is InChI=1S/C28H24N2/c1-20-11-10-16-24-26(23-14-8-5-9-15-23)19-30(28(20)24)27-17-25(21(2)18-29(27)3)22-12-6-4-7-13-22/h4-18H,1-3H3/i2D3. The van der Waals surface area contributed by atoms with Gasteiger partial charge in [-0.1, -0.05) is 95.6 Å². The van der Waals surface area contributed by atoms with Crippen molar-refractivity contribution in [2.45, 2.75) is 13.8 Å². The van der Waals surface area contributed by atoms with Crippen molar-refractivity contribution in [2.75, 3.05) is 0 Å². The zero-order chi connectivity index (χ0) is 23.2. The molecule has 0 unspecified atom stereocenters. The van der Waals surface area contributed by atoms with Gasteiger partial charge in [0.15, 0.2) is 0 Å². The predicted molar refractivity (Wildman–Crippen MR) is 124 cm³/mol. The lowest BCUT2D eigenvalue weighted by Crippen LogP contribution is -2.30. The second-order valence-corrected chi connectivity index (χ2v) is 7.60. The number of benzene rings is 3. The number of aryl methyl sites for hydroxylation is 3. The molecule has 0 amide bonds. The summed E-state index contributed by atoms with van der Waals surface area (Å²) in [6, 6.07) is 28.2. The van der Waals surface area contributed by atoms with Crippen LogP contribution in [-0.4, -0.2) is 4.57 Å². The third-order valence-electron chi connectivity index (χ3n) is 5.58. The number of pyridine rings is 1. The maximum atomic E-state index is 8.12. The van der Waals surface area contributed by atoms with Crippen molar-refractivity contribution in [1.82, 2.24) is 9.14 Å². The Kier molecular flexibility index (Phi) is 3.71. The molecule has 0 bridgehead atoms. The Bertz CT molecular complexity index is 1440. The fraction of sp³-hybridized carbons (Fsp3) is 0.107. The quantitative estimate of drug-likeness (QED) is 0.310. The van der Waals surface area contributed by atoms with Crippen LogP contribution >= 0.6 is 0 Å². The van der Waals surface area contributed by atoms with Crippen LogP contribution in [0.4, 0.5) is 5.69 Å². The molecule has 3 aromatic carbocycles. The van der Waals surface area contributed by atoms with Gasteiger partial charge in [0.05, 0.1) is 19.4 Å². The number of fused-ring (bicyclic) bond motifs is 1. The molecule has 0 N–H and O–H groups in total. The summed E-state index contributed by atoms with van der Waals surface area (Å²) in [5.41, 5.74) is 8.19. The molecule has 0 radical (unpaired) electrons. The van der Waals surface area contributed by atoms with Gasteiger partial charge in [-0.15, -0.1) is 0 Å². The molecule has 146 valence electrons. The zero-order valence-electron chi connectivity index (χ0n) is 20.1. The highest BCUT2D eigenvalue weighted by Crippen LogP contribution is 2.37. The number of nitrogens with zero attached hydrogens (tertiary/aromatic N) is 2. The van der Waals surface area contributed by atoms with Gasteiger partial charge >= 0.3 is 0 Å². The van der Waals surface area contributed by atoms with Crippen molar-refractivity contribution in [3.63, 3.8) is 0 Å². The summed E-state index contributed by atoms with van der Waals surface area (Å²) < 4.78 is 28.3. The van der Waals surface area contributed by atoms with Crippen molar-refractivity contribution < 1.29 is 4.11 Å². The summed E-state index contributed by atoms with van der Waals surface area (Å²) in [4.78, 5) is 0. The van der Waals surface area contributed by atoms with E-state index in [1.54, 1.807) is 6.20 Å². The minimum atomic E-state index is -2.23. The van der Waals surface area contributed by atoms with E-state index in [0.717, 1.165) is 39.0 Å². The SMILES string of the molecule is [2H]C([2H])([2H])c1cn(C)c(=[N+]2[C-]=C(c3ccccc3)c3cccc(C)c32)cc1-c1ccccc1. The topological polar surface area (TPSA) is 7.94 Å². The summed E-state index contributed by atoms with van der Waals surface area (Å²) in [5.74, 6) is 0. The maximum absolute atomic E-state index is 8.12. The molecule has 0 aliphatic carbocycles. The van der Waals surface area contributed by atoms with Crippen LogP contribution in [0.15, 0.2) is 91.1 Å². The molecule has 0 saturated heterocycles. The normalized spacial score (nSPS) is 16.3. The first-order valence-corrected chi connectivity index (χ1v) is 10.0. The molecule has 1 aliphatic heterocycles. The van der Waals surface area contributed by atoms with Crippen LogP contribution < -0.4 is 10.1 Å². The van der Waals surface area contributed by atoms with Gasteiger partial charge in [0.1, 0.15) is 0 Å². The molecule has 1 aliphatic rings. The van der Waals surface area contributed by atoms with Crippen molar-refractivity contribution >= 4 is 11.3 Å². The average Bonchev–Trinajstić information content (AvgIpc) is 3.20. The molecule has 2 heteroatoms. The molecule has 0 saturated carbocycles. The highest BCUT2D eigenvalue weighted by atomic mass is 15.1. The van der Waals surface area contributed by atoms with Crippen LogP contribution in [0.2, 0.25) is 0 Å². The van der Waals surface area contributed by atoms with Crippen LogP contribution in [0.25, 0.3) is 16.7 Å². The van der Waals surface area contributed by atoms with E-state index in [-0.39, 0.29) is 0 Å². The van der Waals surface area contributed by atoms with E-state index in [1.807, 2.05) is 66.2 Å². The molecule has 1 aromatic heterocycles. The van der Waals surface area contributed by atoms with E-state index in [2.05, 4.69) is 48.0 Å². The van der Waals surface area contributed by atoms with Crippen molar-refractivity contribution in [3.05, 3.63) is 125 Å². The maximum Gasteiger partial charge on any atom is 0.223 e. The Morgan fingerprint density at radius 1 is 0.800 bits per heavy atom. The summed E-state index contributed by atoms with van der Waals surface area (Å²) in [6.45, 7) is -0.134. The van der Waals surface area contributed by atoms with Crippen molar-refractivity contribution in [1.29, 1.82) is 0 Å². The Hall–Kier alpha value is -3.65. The number of hydrogen-bond acceptors (Lipinski definition) is 0. The van der Waals surface area contributed by atoms with Gasteiger partial charge in [-0.05, 0) is 36.0 Å². The number of hydrogen-bond donors (Lipinski definition) is 0. The van der Waals surface area contributed by atoms with Gasteiger partial charge < -0.3 is 0 Å². The molecule has 2 nitrogen and oxygen atoms in total. The molecule has 0 spiro atoms. The predicted octanol–water partition coefficient (Wildman–Crippen LogP) is 5.62. The highest BCUT2D eigenvalue weighted by molar-refractivity contribution is 5.88. The van der Waals surface area contributed by atoms with Gasteiger partial charge in [-0.25, -0.2) is 0 Å². The first kappa shape index (κ1) is 15.2. The van der Waals surface area contributed by atoms with E-state index >= 15 is 0 Å². The van der Waals surface area contributed by atoms with Gasteiger partial charge in [0.25, 0.3) is 0 Å². The third-order valence-corrected chi connectivity index (χ3v) is 5.58. The lowest BCUT2D eigenvalue weighted by atomic mass is 9.98. The molecular formula is C28H24N2. The first-order chi connectivity index (χ1) is 15.8. The van der Waals surface area contributed by atoms with E-state index in [0.29, 0.717) is 11.1 Å². The summed E-state index contributed by atoms with van der Waals surface area (Å²) in [7, 11) is 1.89. The van der Waals surface area contributed by atoms with Crippen LogP contribution in [0.3, 0.4) is 0 Å². The van der Waals surface area contributed by atoms with Gasteiger partial charge in [0.2, 0.25) is 5.49 Å². The summed E-state index contributed by atoms with van der Waals surface area (Å²) >= 11 is 0. The third kappa shape index (κ3) is 3.02. The van der Waals surface area contributed by atoms with E-state index in [4.69, 9.17) is 4.11 Å². The number of rotatable bonds is 2. The molecule has 0 atom stereocenters. The van der Waals surface area contributed by atoms with Crippen LogP contribution in [-0.2, 0) is 7.05 Å². The van der Waals surface area contributed by atoms with Gasteiger partial charge in [-0.2, -0.15) is 0 Å². The van der Waals surface area contributed by atoms with E-state index in [9.17, 15) is 0 Å². The zero-order valence-corrected chi connectivity index (χ0v) is 17.1. The fourth-order valence-corrected chi connectivity index (χ4v) is 4.10. The Morgan fingerprint density at radius 2 is 1.50 bits per heavy atom. The Balaban J connectivity index is 1.88. The largest absolute Gasteiger partial charge is 0.298 e. The second-order valence-electron chi connectivity index (χ2n) is 7.60. The van der Waals surface area contributed by atoms with Crippen molar-refractivity contribution in [3.8, 4) is 11.1 Å². The minimum absolute atomic E-state index is 0.330. The summed E-state index contributed by atoms with van der Waals surface area (Å²) in [6.07, 6.45) is 5.32. The molecule has 4 aromatic rings. The van der Waals surface area contributed by atoms with Crippen LogP contribution in [0.5, 0.6) is 0 Å². The average molecular weight is 392 g/mol. The Morgan fingerprint density at radius 3 is 2.20 bits per heavy atom. The van der Waals surface area contributed by atoms with Crippen LogP contribution in [0.1, 0.15) is 26.4 Å². The number of aromatic nitrogens is 1. The highest BCUT2D eigenvalue weighted by Gasteiger charge is 2.19. The number of para-hydroxylation sites is 1.